The van der Waals surface area contributed by atoms with Crippen molar-refractivity contribution in [2.24, 2.45) is 7.05 Å². The Labute approximate surface area is 163 Å². The second kappa shape index (κ2) is 7.40. The molecule has 1 atom stereocenters. The Morgan fingerprint density at radius 1 is 1.33 bits per heavy atom. The largest absolute Gasteiger partial charge is 0.383 e. The van der Waals surface area contributed by atoms with Crippen LogP contribution in [0.25, 0.3) is 5.57 Å². The molecular formula is C19H19BrN4O3. The van der Waals surface area contributed by atoms with E-state index in [1.807, 2.05) is 42.5 Å². The van der Waals surface area contributed by atoms with E-state index in [2.05, 4.69) is 32.3 Å². The molecule has 27 heavy (non-hydrogen) atoms. The molecule has 0 spiro atoms. The zero-order valence-corrected chi connectivity index (χ0v) is 16.2. The molecule has 140 valence electrons. The second-order valence-electron chi connectivity index (χ2n) is 6.41. The van der Waals surface area contributed by atoms with Crippen molar-refractivity contribution in [1.29, 1.82) is 0 Å². The molecule has 0 bridgehead atoms. The van der Waals surface area contributed by atoms with Crippen molar-refractivity contribution in [2.45, 2.75) is 17.2 Å². The Kier molecular flexibility index (Phi) is 5.18. The van der Waals surface area contributed by atoms with Crippen molar-refractivity contribution < 1.29 is 4.79 Å². The molecule has 2 aromatic rings. The highest BCUT2D eigenvalue weighted by Crippen LogP contribution is 2.36. The number of alkyl halides is 1. The Hall–Kier alpha value is -2.87. The zero-order chi connectivity index (χ0) is 19.6. The number of rotatable bonds is 4. The molecule has 0 saturated carbocycles. The third-order valence-electron chi connectivity index (χ3n) is 4.38. The van der Waals surface area contributed by atoms with Crippen molar-refractivity contribution in [3.63, 3.8) is 0 Å². The van der Waals surface area contributed by atoms with Gasteiger partial charge in [0.1, 0.15) is 11.5 Å². The smallest absolute Gasteiger partial charge is 0.329 e. The SMILES string of the molecule is Cn1c(=O)[nH]c(N)c(NC(=O)C[C@@]2(Br)C=CC(c3ccccc3)=CC2)c1=O. The number of allylic oxidation sites excluding steroid dienone is 4. The number of benzene rings is 1. The van der Waals surface area contributed by atoms with Gasteiger partial charge in [0.05, 0.1) is 4.32 Å². The molecule has 1 aromatic heterocycles. The number of H-pyrrole nitrogens is 1. The number of aromatic nitrogens is 2. The van der Waals surface area contributed by atoms with Crippen molar-refractivity contribution >= 4 is 38.9 Å². The summed E-state index contributed by atoms with van der Waals surface area (Å²) in [4.78, 5) is 38.4. The van der Waals surface area contributed by atoms with Crippen molar-refractivity contribution in [3.05, 3.63) is 75.0 Å². The molecule has 0 fully saturated rings. The standard InChI is InChI=1S/C19H19BrN4O3/c1-24-17(26)15(16(21)23-18(24)27)22-14(25)11-19(20)9-7-13(8-10-19)12-5-3-2-4-6-12/h2-9H,10-11,21H2,1H3,(H,22,25)(H,23,27)/t19-/m1/s1. The van der Waals surface area contributed by atoms with Gasteiger partial charge in [-0.05, 0) is 17.6 Å². The molecule has 0 aliphatic heterocycles. The van der Waals surface area contributed by atoms with Crippen molar-refractivity contribution in [1.82, 2.24) is 9.55 Å². The van der Waals surface area contributed by atoms with Crippen LogP contribution in [-0.2, 0) is 11.8 Å². The molecule has 1 aliphatic carbocycles. The molecule has 1 heterocycles. The quantitative estimate of drug-likeness (QED) is 0.645. The minimum atomic E-state index is -0.654. The summed E-state index contributed by atoms with van der Waals surface area (Å²) in [6.07, 6.45) is 6.67. The van der Waals surface area contributed by atoms with Gasteiger partial charge in [-0.15, -0.1) is 0 Å². The lowest BCUT2D eigenvalue weighted by Crippen LogP contribution is -2.37. The summed E-state index contributed by atoms with van der Waals surface area (Å²) in [5, 5.41) is 2.51. The normalized spacial score (nSPS) is 18.8. The van der Waals surface area contributed by atoms with Gasteiger partial charge in [0.2, 0.25) is 5.91 Å². The van der Waals surface area contributed by atoms with Crippen LogP contribution in [0.15, 0.2) is 58.1 Å². The van der Waals surface area contributed by atoms with Gasteiger partial charge in [0.25, 0.3) is 5.56 Å². The summed E-state index contributed by atoms with van der Waals surface area (Å²) in [6, 6.07) is 9.96. The highest BCUT2D eigenvalue weighted by molar-refractivity contribution is 9.10. The molecular weight excluding hydrogens is 412 g/mol. The fourth-order valence-electron chi connectivity index (χ4n) is 2.84. The van der Waals surface area contributed by atoms with Gasteiger partial charge in [0.15, 0.2) is 0 Å². The van der Waals surface area contributed by atoms with E-state index >= 15 is 0 Å². The molecule has 4 N–H and O–H groups in total. The number of carbonyl (C=O) groups excluding carboxylic acids is 1. The second-order valence-corrected chi connectivity index (χ2v) is 7.98. The van der Waals surface area contributed by atoms with E-state index in [-0.39, 0.29) is 23.8 Å². The van der Waals surface area contributed by atoms with E-state index in [1.54, 1.807) is 0 Å². The molecule has 1 aromatic carbocycles. The van der Waals surface area contributed by atoms with Crippen LogP contribution in [0.2, 0.25) is 0 Å². The Balaban J connectivity index is 1.72. The first-order valence-electron chi connectivity index (χ1n) is 8.31. The maximum Gasteiger partial charge on any atom is 0.329 e. The average molecular weight is 431 g/mol. The van der Waals surface area contributed by atoms with E-state index in [0.717, 1.165) is 15.7 Å². The number of halogens is 1. The van der Waals surface area contributed by atoms with Crippen LogP contribution in [0, 0.1) is 0 Å². The minimum absolute atomic E-state index is 0.101. The number of amides is 1. The number of anilines is 2. The summed E-state index contributed by atoms with van der Waals surface area (Å²) in [6.45, 7) is 0. The summed E-state index contributed by atoms with van der Waals surface area (Å²) in [5.41, 5.74) is 6.45. The molecule has 0 radical (unpaired) electrons. The predicted molar refractivity (Wildman–Crippen MR) is 110 cm³/mol. The highest BCUT2D eigenvalue weighted by Gasteiger charge is 2.29. The average Bonchev–Trinajstić information content (AvgIpc) is 2.64. The summed E-state index contributed by atoms with van der Waals surface area (Å²) >= 11 is 3.61. The van der Waals surface area contributed by atoms with Crippen LogP contribution < -0.4 is 22.3 Å². The highest BCUT2D eigenvalue weighted by atomic mass is 79.9. The van der Waals surface area contributed by atoms with Gasteiger partial charge < -0.3 is 11.1 Å². The fraction of sp³-hybridized carbons (Fsp3) is 0.211. The van der Waals surface area contributed by atoms with Crippen LogP contribution in [0.5, 0.6) is 0 Å². The van der Waals surface area contributed by atoms with E-state index in [9.17, 15) is 14.4 Å². The van der Waals surface area contributed by atoms with Crippen LogP contribution in [0.3, 0.4) is 0 Å². The van der Waals surface area contributed by atoms with E-state index < -0.39 is 15.6 Å². The number of aromatic amines is 1. The first-order chi connectivity index (χ1) is 12.8. The topological polar surface area (TPSA) is 110 Å². The number of nitrogens with one attached hydrogen (secondary N) is 2. The Bertz CT molecular complexity index is 1050. The Morgan fingerprint density at radius 2 is 2.04 bits per heavy atom. The molecule has 1 amide bonds. The van der Waals surface area contributed by atoms with Gasteiger partial charge >= 0.3 is 5.69 Å². The number of nitrogens with zero attached hydrogens (tertiary/aromatic N) is 1. The number of carbonyl (C=O) groups is 1. The van der Waals surface area contributed by atoms with Crippen molar-refractivity contribution in [3.8, 4) is 0 Å². The van der Waals surface area contributed by atoms with E-state index in [4.69, 9.17) is 5.73 Å². The first-order valence-corrected chi connectivity index (χ1v) is 9.11. The molecule has 7 nitrogen and oxygen atoms in total. The third-order valence-corrected chi connectivity index (χ3v) is 5.25. The lowest BCUT2D eigenvalue weighted by Gasteiger charge is -2.25. The van der Waals surface area contributed by atoms with Crippen LogP contribution >= 0.6 is 15.9 Å². The van der Waals surface area contributed by atoms with Crippen LogP contribution in [-0.4, -0.2) is 19.8 Å². The summed E-state index contributed by atoms with van der Waals surface area (Å²) in [7, 11) is 1.31. The Morgan fingerprint density at radius 3 is 2.67 bits per heavy atom. The van der Waals surface area contributed by atoms with Gasteiger partial charge in [-0.1, -0.05) is 64.5 Å². The van der Waals surface area contributed by atoms with Crippen LogP contribution in [0.1, 0.15) is 18.4 Å². The number of nitrogen functional groups attached to an aromatic ring is 1. The third kappa shape index (κ3) is 4.11. The first kappa shape index (κ1) is 18.9. The summed E-state index contributed by atoms with van der Waals surface area (Å²) in [5.74, 6) is -0.547. The van der Waals surface area contributed by atoms with Crippen LogP contribution in [0.4, 0.5) is 11.5 Å². The van der Waals surface area contributed by atoms with Gasteiger partial charge in [0, 0.05) is 13.5 Å². The molecule has 0 saturated heterocycles. The lowest BCUT2D eigenvalue weighted by molar-refractivity contribution is -0.116. The van der Waals surface area contributed by atoms with Gasteiger partial charge in [-0.25, -0.2) is 4.79 Å². The van der Waals surface area contributed by atoms with E-state index in [0.29, 0.717) is 6.42 Å². The summed E-state index contributed by atoms with van der Waals surface area (Å²) < 4.78 is 0.294. The fourth-order valence-corrected chi connectivity index (χ4v) is 3.39. The van der Waals surface area contributed by atoms with Gasteiger partial charge in [-0.2, -0.15) is 0 Å². The number of hydrogen-bond acceptors (Lipinski definition) is 4. The molecule has 8 heteroatoms. The minimum Gasteiger partial charge on any atom is -0.383 e. The van der Waals surface area contributed by atoms with E-state index in [1.165, 1.54) is 7.05 Å². The monoisotopic (exact) mass is 430 g/mol. The maximum absolute atomic E-state index is 12.4. The van der Waals surface area contributed by atoms with Crippen molar-refractivity contribution in [2.75, 3.05) is 11.1 Å². The molecule has 1 aliphatic rings. The predicted octanol–water partition coefficient (Wildman–Crippen LogP) is 2.16. The number of nitrogens with two attached hydrogens (primary N) is 1. The number of hydrogen-bond donors (Lipinski definition) is 3. The maximum atomic E-state index is 12.4. The molecule has 3 rings (SSSR count). The molecule has 0 unspecified atom stereocenters. The zero-order valence-electron chi connectivity index (χ0n) is 14.7. The lowest BCUT2D eigenvalue weighted by atomic mass is 9.90. The van der Waals surface area contributed by atoms with Gasteiger partial charge in [-0.3, -0.25) is 19.1 Å².